The van der Waals surface area contributed by atoms with Gasteiger partial charge in [0.2, 0.25) is 0 Å². The van der Waals surface area contributed by atoms with Crippen molar-refractivity contribution in [1.29, 1.82) is 0 Å². The predicted molar refractivity (Wildman–Crippen MR) is 114 cm³/mol. The molecule has 0 radical (unpaired) electrons. The van der Waals surface area contributed by atoms with Gasteiger partial charge in [0.25, 0.3) is 34.4 Å². The maximum absolute atomic E-state index is 10.9. The number of hydrazine groups is 1. The number of benzene rings is 3. The van der Waals surface area contributed by atoms with E-state index in [0.717, 1.165) is 17.1 Å². The Bertz CT molecular complexity index is 1000. The first-order chi connectivity index (χ1) is 13.1. The molecule has 0 aliphatic carbocycles. The molecule has 0 aromatic heterocycles. The fourth-order valence-corrected chi connectivity index (χ4v) is 3.72. The van der Waals surface area contributed by atoms with Gasteiger partial charge < -0.3 is 12.4 Å². The SMILES string of the molecule is O=[N+]([O-])c1ccc(N2N=C(c3ccccc3)[N+](I)(c3ccccc3)N2)cc1.[Cl-]. The van der Waals surface area contributed by atoms with Crippen molar-refractivity contribution in [1.82, 2.24) is 8.34 Å². The van der Waals surface area contributed by atoms with Gasteiger partial charge in [-0.25, -0.2) is 0 Å². The minimum absolute atomic E-state index is 0. The van der Waals surface area contributed by atoms with Gasteiger partial charge in [-0.1, -0.05) is 44.3 Å². The van der Waals surface area contributed by atoms with E-state index in [-0.39, 0.29) is 20.9 Å². The van der Waals surface area contributed by atoms with Gasteiger partial charge in [-0.3, -0.25) is 10.1 Å². The van der Waals surface area contributed by atoms with E-state index < -0.39 is 4.92 Å². The summed E-state index contributed by atoms with van der Waals surface area (Å²) in [5.41, 5.74) is 6.12. The fraction of sp³-hybridized carbons (Fsp3) is 0. The van der Waals surface area contributed by atoms with Crippen LogP contribution in [0, 0.1) is 10.1 Å². The highest BCUT2D eigenvalue weighted by molar-refractivity contribution is 14.1. The minimum atomic E-state index is -0.414. The van der Waals surface area contributed by atoms with E-state index in [1.807, 2.05) is 60.7 Å². The number of hydrogen-bond donors (Lipinski definition) is 1. The summed E-state index contributed by atoms with van der Waals surface area (Å²) in [4.78, 5) is 10.5. The summed E-state index contributed by atoms with van der Waals surface area (Å²) in [5.74, 6) is 0.806. The van der Waals surface area contributed by atoms with Crippen LogP contribution < -0.4 is 25.9 Å². The molecule has 0 saturated heterocycles. The van der Waals surface area contributed by atoms with Crippen molar-refractivity contribution in [3.05, 3.63) is 101 Å². The normalized spacial score (nSPS) is 18.3. The molecule has 0 spiro atoms. The molecule has 1 heterocycles. The molecule has 1 N–H and O–H groups in total. The Morgan fingerprint density at radius 3 is 2.07 bits per heavy atom. The smallest absolute Gasteiger partial charge is 0.287 e. The lowest BCUT2D eigenvalue weighted by molar-refractivity contribution is -0.384. The van der Waals surface area contributed by atoms with Crippen LogP contribution in [0.3, 0.4) is 0 Å². The van der Waals surface area contributed by atoms with Crippen LogP contribution >= 0.6 is 22.9 Å². The van der Waals surface area contributed by atoms with Crippen molar-refractivity contribution in [2.45, 2.75) is 0 Å². The van der Waals surface area contributed by atoms with E-state index in [9.17, 15) is 10.1 Å². The maximum Gasteiger partial charge on any atom is 0.287 e. The third-order valence-corrected chi connectivity index (χ3v) is 5.40. The number of anilines is 1. The number of hydrazone groups is 1. The molecule has 9 heteroatoms. The van der Waals surface area contributed by atoms with Gasteiger partial charge in [0.05, 0.1) is 16.2 Å². The second-order valence-corrected chi connectivity index (χ2v) is 7.35. The van der Waals surface area contributed by atoms with Crippen LogP contribution in [0.5, 0.6) is 0 Å². The summed E-state index contributed by atoms with van der Waals surface area (Å²) in [7, 11) is 0. The lowest BCUT2D eigenvalue weighted by atomic mass is 10.2. The Morgan fingerprint density at radius 2 is 1.50 bits per heavy atom. The molecule has 3 aromatic rings. The van der Waals surface area contributed by atoms with Gasteiger partial charge in [-0.2, -0.15) is 0 Å². The highest BCUT2D eigenvalue weighted by Gasteiger charge is 2.45. The molecule has 7 nitrogen and oxygen atoms in total. The van der Waals surface area contributed by atoms with Gasteiger partial charge in [0, 0.05) is 24.3 Å². The van der Waals surface area contributed by atoms with Gasteiger partial charge in [0.15, 0.2) is 5.69 Å². The van der Waals surface area contributed by atoms with Crippen LogP contribution in [0.2, 0.25) is 0 Å². The molecule has 1 atom stereocenters. The number of nitro benzene ring substituents is 1. The van der Waals surface area contributed by atoms with E-state index in [1.54, 1.807) is 17.3 Å². The number of nitro groups is 1. The van der Waals surface area contributed by atoms with Gasteiger partial charge in [-0.05, 0) is 29.8 Å². The molecule has 142 valence electrons. The average Bonchev–Trinajstić information content (AvgIpc) is 3.08. The zero-order chi connectivity index (χ0) is 18.9. The fourth-order valence-electron chi connectivity index (χ4n) is 2.82. The van der Waals surface area contributed by atoms with Gasteiger partial charge in [0.1, 0.15) is 0 Å². The van der Waals surface area contributed by atoms with E-state index in [2.05, 4.69) is 28.4 Å². The first-order valence-electron chi connectivity index (χ1n) is 8.19. The summed E-state index contributed by atoms with van der Waals surface area (Å²) < 4.78 is 0.236. The molecule has 1 unspecified atom stereocenters. The summed E-state index contributed by atoms with van der Waals surface area (Å²) in [5, 5.41) is 17.3. The Kier molecular flexibility index (Phi) is 5.94. The number of halogens is 2. The lowest BCUT2D eigenvalue weighted by Crippen LogP contribution is -3.00. The molecule has 0 amide bonds. The second kappa shape index (κ2) is 8.23. The molecule has 4 rings (SSSR count). The number of quaternary nitrogens is 1. The molecule has 0 saturated carbocycles. The van der Waals surface area contributed by atoms with E-state index in [0.29, 0.717) is 5.69 Å². The summed E-state index contributed by atoms with van der Waals surface area (Å²) >= 11 is 2.30. The first kappa shape index (κ1) is 20.2. The van der Waals surface area contributed by atoms with E-state index in [1.165, 1.54) is 12.1 Å². The van der Waals surface area contributed by atoms with Crippen LogP contribution in [0.1, 0.15) is 5.56 Å². The zero-order valence-corrected chi connectivity index (χ0v) is 17.4. The monoisotopic (exact) mass is 507 g/mol. The van der Waals surface area contributed by atoms with E-state index in [4.69, 9.17) is 5.10 Å². The molecule has 0 fully saturated rings. The van der Waals surface area contributed by atoms with Crippen molar-refractivity contribution in [2.24, 2.45) is 5.10 Å². The Hall–Kier alpha value is -2.53. The zero-order valence-electron chi connectivity index (χ0n) is 14.4. The quantitative estimate of drug-likeness (QED) is 0.252. The van der Waals surface area contributed by atoms with Crippen LogP contribution in [-0.2, 0) is 0 Å². The number of amidine groups is 1. The number of rotatable bonds is 4. The largest absolute Gasteiger partial charge is 1.00 e. The second-order valence-electron chi connectivity index (χ2n) is 5.90. The predicted octanol–water partition coefficient (Wildman–Crippen LogP) is 1.56. The van der Waals surface area contributed by atoms with Crippen molar-refractivity contribution >= 4 is 45.8 Å². The van der Waals surface area contributed by atoms with E-state index >= 15 is 0 Å². The van der Waals surface area contributed by atoms with Crippen LogP contribution in [0.25, 0.3) is 0 Å². The Morgan fingerprint density at radius 1 is 0.929 bits per heavy atom. The molecule has 1 aliphatic heterocycles. The molecule has 3 aromatic carbocycles. The summed E-state index contributed by atoms with van der Waals surface area (Å²) in [6.45, 7) is 0. The summed E-state index contributed by atoms with van der Waals surface area (Å²) in [6, 6.07) is 26.2. The third kappa shape index (κ3) is 3.72. The Labute approximate surface area is 181 Å². The molecule has 1 aliphatic rings. The van der Waals surface area contributed by atoms with Gasteiger partial charge in [-0.15, -0.1) is 5.12 Å². The van der Waals surface area contributed by atoms with Crippen molar-refractivity contribution in [2.75, 3.05) is 5.12 Å². The topological polar surface area (TPSA) is 70.8 Å². The van der Waals surface area contributed by atoms with Gasteiger partial charge >= 0.3 is 0 Å². The number of hydrogen-bond acceptors (Lipinski definition) is 5. The number of nitrogens with one attached hydrogen (secondary N) is 1. The maximum atomic E-state index is 10.9. The molecule has 0 bridgehead atoms. The number of para-hydroxylation sites is 1. The number of non-ortho nitro benzene ring substituents is 1. The lowest BCUT2D eigenvalue weighted by Gasteiger charge is -2.25. The molecule has 28 heavy (non-hydrogen) atoms. The molecular formula is C19H15ClIN5O2. The van der Waals surface area contributed by atoms with Crippen LogP contribution in [0.15, 0.2) is 90.0 Å². The highest BCUT2D eigenvalue weighted by atomic mass is 127. The highest BCUT2D eigenvalue weighted by Crippen LogP contribution is 2.34. The minimum Gasteiger partial charge on any atom is -1.00 e. The number of nitrogens with zero attached hydrogens (tertiary/aromatic N) is 4. The Balaban J connectivity index is 0.00000225. The van der Waals surface area contributed by atoms with Crippen LogP contribution in [0.4, 0.5) is 17.1 Å². The van der Waals surface area contributed by atoms with Crippen molar-refractivity contribution in [3.63, 3.8) is 0 Å². The average molecular weight is 508 g/mol. The summed E-state index contributed by atoms with van der Waals surface area (Å²) in [6.07, 6.45) is 0. The third-order valence-electron chi connectivity index (χ3n) is 4.17. The van der Waals surface area contributed by atoms with Crippen LogP contribution in [-0.4, -0.2) is 10.8 Å². The molecular weight excluding hydrogens is 493 g/mol. The first-order valence-corrected chi connectivity index (χ1v) is 9.16. The van der Waals surface area contributed by atoms with Crippen molar-refractivity contribution < 1.29 is 17.3 Å². The standard InChI is InChI=1S/C19H15IN5O2.ClH/c20-25(18-9-5-2-6-10-18)19(15-7-3-1-4-8-15)21-23(22-25)16-11-13-17(14-12-16)24(26)27;/h1-14,22H;1H/q+1;/p-1. The van der Waals surface area contributed by atoms with Crippen molar-refractivity contribution in [3.8, 4) is 0 Å².